The van der Waals surface area contributed by atoms with Crippen LogP contribution in [0, 0.1) is 0 Å². The molecule has 1 fully saturated rings. The number of rotatable bonds is 47. The first-order valence-electron chi connectivity index (χ1n) is 27.2. The van der Waals surface area contributed by atoms with E-state index in [1.54, 1.807) is 0 Å². The molecule has 0 aliphatic carbocycles. The Morgan fingerprint density at radius 2 is 0.806 bits per heavy atom. The second-order valence-electron chi connectivity index (χ2n) is 19.4. The third-order valence-electron chi connectivity index (χ3n) is 13.5. The van der Waals surface area contributed by atoms with Gasteiger partial charge in [-0.05, 0) is 12.8 Å². The van der Waals surface area contributed by atoms with Crippen LogP contribution in [0.2, 0.25) is 0 Å². The van der Waals surface area contributed by atoms with Gasteiger partial charge in [0.25, 0.3) is 0 Å². The molecule has 0 aromatic carbocycles. The maximum Gasteiger partial charge on any atom is 0.220 e. The minimum absolute atomic E-state index is 0.132. The molecule has 0 radical (unpaired) electrons. The number of carbonyl (C=O) groups excluding carboxylic acids is 1. The third-order valence-corrected chi connectivity index (χ3v) is 13.5. The molecule has 1 saturated heterocycles. The molecule has 370 valence electrons. The fraction of sp³-hybridized carbons (Fsp3) is 0.981. The largest absolute Gasteiger partial charge is 0.394 e. The van der Waals surface area contributed by atoms with Crippen LogP contribution < -0.4 is 5.32 Å². The zero-order chi connectivity index (χ0) is 45.1. The van der Waals surface area contributed by atoms with Crippen LogP contribution in [0.25, 0.3) is 0 Å². The van der Waals surface area contributed by atoms with Crippen LogP contribution in [-0.2, 0) is 14.3 Å². The van der Waals surface area contributed by atoms with Crippen LogP contribution >= 0.6 is 0 Å². The average Bonchev–Trinajstić information content (AvgIpc) is 3.27. The highest BCUT2D eigenvalue weighted by atomic mass is 16.7. The summed E-state index contributed by atoms with van der Waals surface area (Å²) in [6.45, 7) is 3.85. The predicted octanol–water partition coefficient (Wildman–Crippen LogP) is 12.7. The SMILES string of the molecule is CCCCCCCCCCCCCCCCCCCCCCCCCCCCCCC(=O)N[C@@H](CO[C@@H]1O[C@H](CO)[C@@H](O)C(O)C1O)[C@H](O)CCCCCCCCCCCCC. The Morgan fingerprint density at radius 3 is 1.15 bits per heavy atom. The van der Waals surface area contributed by atoms with Gasteiger partial charge in [-0.2, -0.15) is 0 Å². The smallest absolute Gasteiger partial charge is 0.220 e. The first kappa shape index (κ1) is 59.2. The monoisotopic (exact) mass is 884 g/mol. The zero-order valence-corrected chi connectivity index (χ0v) is 40.9. The van der Waals surface area contributed by atoms with Gasteiger partial charge in [0.05, 0.1) is 25.4 Å². The molecule has 1 aliphatic heterocycles. The summed E-state index contributed by atoms with van der Waals surface area (Å²) in [5.41, 5.74) is 0. The van der Waals surface area contributed by atoms with Crippen LogP contribution in [0.1, 0.15) is 277 Å². The van der Waals surface area contributed by atoms with Gasteiger partial charge in [-0.1, -0.05) is 258 Å². The Balaban J connectivity index is 2.11. The van der Waals surface area contributed by atoms with Gasteiger partial charge in [0.15, 0.2) is 6.29 Å². The summed E-state index contributed by atoms with van der Waals surface area (Å²) in [7, 11) is 0. The van der Waals surface area contributed by atoms with E-state index < -0.39 is 49.5 Å². The van der Waals surface area contributed by atoms with Crippen molar-refractivity contribution in [1.29, 1.82) is 0 Å². The molecule has 2 unspecified atom stereocenters. The van der Waals surface area contributed by atoms with E-state index in [4.69, 9.17) is 9.47 Å². The van der Waals surface area contributed by atoms with E-state index in [-0.39, 0.29) is 12.5 Å². The van der Waals surface area contributed by atoms with Crippen LogP contribution in [0.4, 0.5) is 0 Å². The van der Waals surface area contributed by atoms with Crippen molar-refractivity contribution in [3.05, 3.63) is 0 Å². The summed E-state index contributed by atoms with van der Waals surface area (Å²) in [5.74, 6) is -0.139. The van der Waals surface area contributed by atoms with E-state index in [1.807, 2.05) is 0 Å². The fourth-order valence-electron chi connectivity index (χ4n) is 9.11. The Morgan fingerprint density at radius 1 is 0.484 bits per heavy atom. The molecule has 7 atom stereocenters. The highest BCUT2D eigenvalue weighted by molar-refractivity contribution is 5.76. The second-order valence-corrected chi connectivity index (χ2v) is 19.4. The normalized spacial score (nSPS) is 20.1. The summed E-state index contributed by atoms with van der Waals surface area (Å²) < 4.78 is 11.3. The standard InChI is InChI=1S/C53H105NO8/c1-3-5-7-9-11-13-15-16-17-18-19-20-21-22-23-24-25-26-27-28-29-30-31-33-35-37-39-41-43-49(57)54-46(45-61-53-52(60)51(59)50(58)48(44-55)62-53)47(56)42-40-38-36-34-32-14-12-10-8-6-4-2/h46-48,50-53,55-56,58-60H,3-45H2,1-2H3,(H,54,57)/t46-,47+,48+,50+,51?,52?,53+/m0/s1. The fourth-order valence-corrected chi connectivity index (χ4v) is 9.11. The molecule has 62 heavy (non-hydrogen) atoms. The molecule has 1 aliphatic rings. The Labute approximate surface area is 383 Å². The first-order chi connectivity index (χ1) is 30.3. The minimum Gasteiger partial charge on any atom is -0.394 e. The van der Waals surface area contributed by atoms with Crippen LogP contribution in [0.5, 0.6) is 0 Å². The number of carbonyl (C=O) groups is 1. The van der Waals surface area contributed by atoms with Gasteiger partial charge >= 0.3 is 0 Å². The topological polar surface area (TPSA) is 149 Å². The van der Waals surface area contributed by atoms with E-state index in [1.165, 1.54) is 212 Å². The molecule has 0 bridgehead atoms. The lowest BCUT2D eigenvalue weighted by atomic mass is 9.99. The Hall–Kier alpha value is -0.810. The molecule has 1 amide bonds. The Kier molecular flexibility index (Phi) is 42.1. The molecule has 6 N–H and O–H groups in total. The summed E-state index contributed by atoms with van der Waals surface area (Å²) >= 11 is 0. The summed E-state index contributed by atoms with van der Waals surface area (Å²) in [5, 5.41) is 54.4. The molecule has 1 rings (SSSR count). The van der Waals surface area contributed by atoms with Gasteiger partial charge in [0, 0.05) is 6.42 Å². The predicted molar refractivity (Wildman–Crippen MR) is 258 cm³/mol. The highest BCUT2D eigenvalue weighted by Crippen LogP contribution is 2.23. The first-order valence-corrected chi connectivity index (χ1v) is 27.2. The van der Waals surface area contributed by atoms with Gasteiger partial charge in [-0.15, -0.1) is 0 Å². The van der Waals surface area contributed by atoms with Crippen molar-refractivity contribution in [3.63, 3.8) is 0 Å². The van der Waals surface area contributed by atoms with E-state index >= 15 is 0 Å². The Bertz CT molecular complexity index is 939. The van der Waals surface area contributed by atoms with E-state index in [2.05, 4.69) is 19.2 Å². The molecular weight excluding hydrogens is 779 g/mol. The van der Waals surface area contributed by atoms with Gasteiger partial charge in [0.1, 0.15) is 24.4 Å². The van der Waals surface area contributed by atoms with Gasteiger partial charge in [0.2, 0.25) is 5.91 Å². The summed E-state index contributed by atoms with van der Waals surface area (Å²) in [6.07, 6.45) is 44.3. The van der Waals surface area contributed by atoms with Crippen LogP contribution in [0.3, 0.4) is 0 Å². The molecule has 9 nitrogen and oxygen atoms in total. The second kappa shape index (κ2) is 44.0. The molecule has 0 aromatic rings. The highest BCUT2D eigenvalue weighted by Gasteiger charge is 2.44. The number of unbranched alkanes of at least 4 members (excludes halogenated alkanes) is 37. The van der Waals surface area contributed by atoms with Crippen molar-refractivity contribution in [2.75, 3.05) is 13.2 Å². The minimum atomic E-state index is -1.55. The molecule has 0 saturated carbocycles. The third kappa shape index (κ3) is 33.6. The molecular formula is C53H105NO8. The summed E-state index contributed by atoms with van der Waals surface area (Å²) in [4.78, 5) is 13.0. The van der Waals surface area contributed by atoms with E-state index in [9.17, 15) is 30.3 Å². The van der Waals surface area contributed by atoms with Crippen LogP contribution in [0.15, 0.2) is 0 Å². The number of hydrogen-bond donors (Lipinski definition) is 6. The van der Waals surface area contributed by atoms with Crippen molar-refractivity contribution >= 4 is 5.91 Å². The number of hydrogen-bond acceptors (Lipinski definition) is 8. The van der Waals surface area contributed by atoms with E-state index in [0.717, 1.165) is 38.5 Å². The van der Waals surface area contributed by atoms with E-state index in [0.29, 0.717) is 12.8 Å². The number of ether oxygens (including phenoxy) is 2. The molecule has 1 heterocycles. The number of amides is 1. The number of aliphatic hydroxyl groups is 5. The van der Waals surface area contributed by atoms with Gasteiger partial charge in [-0.3, -0.25) is 4.79 Å². The van der Waals surface area contributed by atoms with Gasteiger partial charge < -0.3 is 40.3 Å². The lowest BCUT2D eigenvalue weighted by Gasteiger charge is -2.40. The van der Waals surface area contributed by atoms with Crippen molar-refractivity contribution in [2.45, 2.75) is 320 Å². The maximum atomic E-state index is 13.0. The lowest BCUT2D eigenvalue weighted by Crippen LogP contribution is -2.60. The average molecular weight is 884 g/mol. The molecule has 0 spiro atoms. The van der Waals surface area contributed by atoms with Crippen molar-refractivity contribution in [1.82, 2.24) is 5.32 Å². The lowest BCUT2D eigenvalue weighted by molar-refractivity contribution is -0.302. The quantitative estimate of drug-likeness (QED) is 0.0331. The summed E-state index contributed by atoms with van der Waals surface area (Å²) in [6, 6.07) is -0.711. The van der Waals surface area contributed by atoms with Gasteiger partial charge in [-0.25, -0.2) is 0 Å². The van der Waals surface area contributed by atoms with Crippen molar-refractivity contribution < 1.29 is 39.8 Å². The van der Waals surface area contributed by atoms with Crippen molar-refractivity contribution in [2.24, 2.45) is 0 Å². The molecule has 9 heteroatoms. The van der Waals surface area contributed by atoms with Crippen LogP contribution in [-0.4, -0.2) is 87.5 Å². The zero-order valence-electron chi connectivity index (χ0n) is 40.9. The maximum absolute atomic E-state index is 13.0. The van der Waals surface area contributed by atoms with Crippen molar-refractivity contribution in [3.8, 4) is 0 Å². The number of aliphatic hydroxyl groups excluding tert-OH is 5. The molecule has 0 aromatic heterocycles. The number of nitrogens with one attached hydrogen (secondary N) is 1.